The highest BCUT2D eigenvalue weighted by atomic mass is 16.5. The van der Waals surface area contributed by atoms with Crippen LogP contribution in [0.4, 0.5) is 0 Å². The largest absolute Gasteiger partial charge is 0.497 e. The summed E-state index contributed by atoms with van der Waals surface area (Å²) < 4.78 is 5.27. The van der Waals surface area contributed by atoms with Crippen LogP contribution < -0.4 is 10.5 Å². The van der Waals surface area contributed by atoms with Crippen LogP contribution in [0.3, 0.4) is 0 Å². The van der Waals surface area contributed by atoms with E-state index in [1.807, 2.05) is 18.2 Å². The van der Waals surface area contributed by atoms with Gasteiger partial charge < -0.3 is 10.5 Å². The van der Waals surface area contributed by atoms with Gasteiger partial charge in [0.1, 0.15) is 5.75 Å². The van der Waals surface area contributed by atoms with Crippen molar-refractivity contribution in [3.05, 3.63) is 29.8 Å². The second-order valence-electron chi connectivity index (χ2n) is 4.91. The molecule has 1 aromatic rings. The number of hydrogen-bond donors (Lipinski definition) is 1. The van der Waals surface area contributed by atoms with E-state index in [0.717, 1.165) is 12.3 Å². The van der Waals surface area contributed by atoms with Crippen molar-refractivity contribution in [1.29, 1.82) is 5.26 Å². The molecule has 4 heteroatoms. The van der Waals surface area contributed by atoms with E-state index in [1.54, 1.807) is 7.11 Å². The molecule has 1 fully saturated rings. The first kappa shape index (κ1) is 13.9. The standard InChI is InChI=1S/C15H21N3O/c1-19-14-5-2-4-12(10-14)15(11-17)18(9-3-8-16)13-6-7-13/h2,4-5,10,13,15H,3,6-7,9,11,17H2,1H3. The van der Waals surface area contributed by atoms with Crippen LogP contribution in [0.2, 0.25) is 0 Å². The van der Waals surface area contributed by atoms with E-state index in [1.165, 1.54) is 18.4 Å². The molecular weight excluding hydrogens is 238 g/mol. The van der Waals surface area contributed by atoms with Crippen molar-refractivity contribution in [2.75, 3.05) is 20.2 Å². The molecule has 2 rings (SSSR count). The highest BCUT2D eigenvalue weighted by Gasteiger charge is 2.33. The van der Waals surface area contributed by atoms with Gasteiger partial charge in [-0.15, -0.1) is 0 Å². The van der Waals surface area contributed by atoms with E-state index >= 15 is 0 Å². The monoisotopic (exact) mass is 259 g/mol. The van der Waals surface area contributed by atoms with Gasteiger partial charge in [0, 0.05) is 31.6 Å². The van der Waals surface area contributed by atoms with Gasteiger partial charge in [-0.1, -0.05) is 12.1 Å². The number of ether oxygens (including phenoxy) is 1. The average Bonchev–Trinajstić information content (AvgIpc) is 3.28. The predicted molar refractivity (Wildman–Crippen MR) is 74.7 cm³/mol. The van der Waals surface area contributed by atoms with Crippen LogP contribution >= 0.6 is 0 Å². The van der Waals surface area contributed by atoms with E-state index in [2.05, 4.69) is 17.0 Å². The summed E-state index contributed by atoms with van der Waals surface area (Å²) >= 11 is 0. The van der Waals surface area contributed by atoms with Gasteiger partial charge in [-0.05, 0) is 30.5 Å². The van der Waals surface area contributed by atoms with Gasteiger partial charge in [-0.25, -0.2) is 0 Å². The first-order chi connectivity index (χ1) is 9.30. The summed E-state index contributed by atoms with van der Waals surface area (Å²) in [5.74, 6) is 0.854. The van der Waals surface area contributed by atoms with Crippen LogP contribution in [0.1, 0.15) is 30.9 Å². The van der Waals surface area contributed by atoms with Crippen LogP contribution in [0.15, 0.2) is 24.3 Å². The van der Waals surface area contributed by atoms with E-state index in [-0.39, 0.29) is 6.04 Å². The minimum atomic E-state index is 0.177. The van der Waals surface area contributed by atoms with Gasteiger partial charge in [-0.3, -0.25) is 4.90 Å². The van der Waals surface area contributed by atoms with Gasteiger partial charge >= 0.3 is 0 Å². The lowest BCUT2D eigenvalue weighted by Gasteiger charge is -2.30. The van der Waals surface area contributed by atoms with E-state index in [0.29, 0.717) is 19.0 Å². The summed E-state index contributed by atoms with van der Waals surface area (Å²) in [6.45, 7) is 1.36. The SMILES string of the molecule is COc1cccc(C(CN)N(CCC#N)C2CC2)c1. The molecular formula is C15H21N3O. The number of nitriles is 1. The third-order valence-electron chi connectivity index (χ3n) is 3.60. The quantitative estimate of drug-likeness (QED) is 0.814. The highest BCUT2D eigenvalue weighted by Crippen LogP contribution is 2.34. The van der Waals surface area contributed by atoms with Gasteiger partial charge in [-0.2, -0.15) is 5.26 Å². The van der Waals surface area contributed by atoms with Crippen molar-refractivity contribution in [2.24, 2.45) is 5.73 Å². The molecule has 1 saturated carbocycles. The van der Waals surface area contributed by atoms with Crippen LogP contribution in [-0.4, -0.2) is 31.1 Å². The summed E-state index contributed by atoms with van der Waals surface area (Å²) in [6, 6.07) is 11.1. The topological polar surface area (TPSA) is 62.3 Å². The van der Waals surface area contributed by atoms with Crippen molar-refractivity contribution >= 4 is 0 Å². The highest BCUT2D eigenvalue weighted by molar-refractivity contribution is 5.31. The molecule has 0 radical (unpaired) electrons. The zero-order valence-electron chi connectivity index (χ0n) is 11.4. The van der Waals surface area contributed by atoms with Crippen LogP contribution in [0.5, 0.6) is 5.75 Å². The Labute approximate surface area is 114 Å². The Morgan fingerprint density at radius 1 is 1.53 bits per heavy atom. The molecule has 0 spiro atoms. The lowest BCUT2D eigenvalue weighted by molar-refractivity contribution is 0.195. The first-order valence-electron chi connectivity index (χ1n) is 6.77. The fourth-order valence-corrected chi connectivity index (χ4v) is 2.49. The lowest BCUT2D eigenvalue weighted by atomic mass is 10.0. The Balaban J connectivity index is 2.18. The summed E-state index contributed by atoms with van der Waals surface area (Å²) in [5.41, 5.74) is 7.14. The molecule has 4 nitrogen and oxygen atoms in total. The normalized spacial score (nSPS) is 16.1. The second kappa shape index (κ2) is 6.55. The molecule has 19 heavy (non-hydrogen) atoms. The summed E-state index contributed by atoms with van der Waals surface area (Å²) in [5, 5.41) is 8.80. The van der Waals surface area contributed by atoms with Crippen molar-refractivity contribution in [3.63, 3.8) is 0 Å². The number of nitrogens with two attached hydrogens (primary N) is 1. The third kappa shape index (κ3) is 3.46. The van der Waals surface area contributed by atoms with Crippen molar-refractivity contribution in [1.82, 2.24) is 4.90 Å². The van der Waals surface area contributed by atoms with Crippen molar-refractivity contribution in [2.45, 2.75) is 31.3 Å². The smallest absolute Gasteiger partial charge is 0.119 e. The summed E-state index contributed by atoms with van der Waals surface area (Å²) in [6.07, 6.45) is 2.98. The molecule has 1 aliphatic rings. The summed E-state index contributed by atoms with van der Waals surface area (Å²) in [7, 11) is 1.67. The van der Waals surface area contributed by atoms with E-state index < -0.39 is 0 Å². The maximum Gasteiger partial charge on any atom is 0.119 e. The maximum absolute atomic E-state index is 8.80. The van der Waals surface area contributed by atoms with Gasteiger partial charge in [0.2, 0.25) is 0 Å². The number of benzene rings is 1. The van der Waals surface area contributed by atoms with Crippen molar-refractivity contribution in [3.8, 4) is 11.8 Å². The van der Waals surface area contributed by atoms with Crippen molar-refractivity contribution < 1.29 is 4.74 Å². The molecule has 0 amide bonds. The Hall–Kier alpha value is -1.57. The molecule has 0 saturated heterocycles. The lowest BCUT2D eigenvalue weighted by Crippen LogP contribution is -2.36. The molecule has 2 N–H and O–H groups in total. The minimum Gasteiger partial charge on any atom is -0.497 e. The molecule has 1 atom stereocenters. The molecule has 0 bridgehead atoms. The Kier molecular flexibility index (Phi) is 4.78. The fraction of sp³-hybridized carbons (Fsp3) is 0.533. The second-order valence-corrected chi connectivity index (χ2v) is 4.91. The number of rotatable bonds is 7. The zero-order valence-corrected chi connectivity index (χ0v) is 11.4. The first-order valence-corrected chi connectivity index (χ1v) is 6.77. The van der Waals surface area contributed by atoms with Gasteiger partial charge in [0.25, 0.3) is 0 Å². The number of hydrogen-bond acceptors (Lipinski definition) is 4. The molecule has 0 aromatic heterocycles. The molecule has 1 aliphatic carbocycles. The minimum absolute atomic E-state index is 0.177. The van der Waals surface area contributed by atoms with Crippen LogP contribution in [0, 0.1) is 11.3 Å². The Morgan fingerprint density at radius 2 is 2.32 bits per heavy atom. The molecule has 102 valence electrons. The van der Waals surface area contributed by atoms with Crippen LogP contribution in [-0.2, 0) is 0 Å². The zero-order chi connectivity index (χ0) is 13.7. The average molecular weight is 259 g/mol. The van der Waals surface area contributed by atoms with Crippen LogP contribution in [0.25, 0.3) is 0 Å². The van der Waals surface area contributed by atoms with Gasteiger partial charge in [0.05, 0.1) is 13.2 Å². The van der Waals surface area contributed by atoms with Gasteiger partial charge in [0.15, 0.2) is 0 Å². The fourth-order valence-electron chi connectivity index (χ4n) is 2.49. The van der Waals surface area contributed by atoms with E-state index in [4.69, 9.17) is 15.7 Å². The number of methoxy groups -OCH3 is 1. The maximum atomic E-state index is 8.80. The third-order valence-corrected chi connectivity index (χ3v) is 3.60. The Morgan fingerprint density at radius 3 is 2.89 bits per heavy atom. The summed E-state index contributed by atoms with van der Waals surface area (Å²) in [4.78, 5) is 2.37. The Bertz CT molecular complexity index is 451. The molecule has 1 unspecified atom stereocenters. The molecule has 0 aliphatic heterocycles. The predicted octanol–water partition coefficient (Wildman–Crippen LogP) is 2.07. The van der Waals surface area contributed by atoms with E-state index in [9.17, 15) is 0 Å². The number of nitrogens with zero attached hydrogens (tertiary/aromatic N) is 2. The molecule has 0 heterocycles. The molecule has 1 aromatic carbocycles.